The number of amides is 1. The van der Waals surface area contributed by atoms with Gasteiger partial charge in [-0.2, -0.15) is 0 Å². The Morgan fingerprint density at radius 2 is 1.68 bits per heavy atom. The first-order valence-corrected chi connectivity index (χ1v) is 11.4. The van der Waals surface area contributed by atoms with Gasteiger partial charge in [-0.05, 0) is 74.5 Å². The van der Waals surface area contributed by atoms with Crippen LogP contribution in [0.15, 0.2) is 73.1 Å². The molecule has 1 aliphatic heterocycles. The number of Topliss-reactive ketones (excluding diaryl/α,β-unsaturated/α-hetero) is 1. The fourth-order valence-electron chi connectivity index (χ4n) is 4.34. The molecule has 1 saturated heterocycles. The van der Waals surface area contributed by atoms with Crippen molar-refractivity contribution in [3.63, 3.8) is 0 Å². The number of hydrogen-bond acceptors (Lipinski definition) is 5. The van der Waals surface area contributed by atoms with E-state index in [1.165, 1.54) is 12.1 Å². The third-order valence-corrected chi connectivity index (χ3v) is 6.28. The molecule has 0 aliphatic carbocycles. The van der Waals surface area contributed by atoms with E-state index < -0.39 is 0 Å². The van der Waals surface area contributed by atoms with Gasteiger partial charge in [0.2, 0.25) is 0 Å². The third-order valence-electron chi connectivity index (χ3n) is 6.28. The molecule has 0 saturated carbocycles. The van der Waals surface area contributed by atoms with Gasteiger partial charge >= 0.3 is 0 Å². The van der Waals surface area contributed by atoms with Crippen molar-refractivity contribution in [3.8, 4) is 5.75 Å². The van der Waals surface area contributed by atoms with Crippen LogP contribution in [0.4, 0.5) is 10.1 Å². The number of para-hydroxylation sites is 2. The monoisotopic (exact) mass is 461 g/mol. The second-order valence-corrected chi connectivity index (χ2v) is 8.35. The number of rotatable bonds is 8. The zero-order valence-corrected chi connectivity index (χ0v) is 19.2. The van der Waals surface area contributed by atoms with Crippen LogP contribution in [0.1, 0.15) is 33.6 Å². The van der Waals surface area contributed by atoms with E-state index in [2.05, 4.69) is 9.88 Å². The van der Waals surface area contributed by atoms with E-state index in [1.807, 2.05) is 24.3 Å². The Kier molecular flexibility index (Phi) is 7.65. The second-order valence-electron chi connectivity index (χ2n) is 8.35. The maximum atomic E-state index is 13.4. The normalized spacial score (nSPS) is 14.5. The van der Waals surface area contributed by atoms with Gasteiger partial charge in [0.15, 0.2) is 5.78 Å². The first kappa shape index (κ1) is 23.6. The van der Waals surface area contributed by atoms with Gasteiger partial charge in [-0.25, -0.2) is 4.39 Å². The number of pyridine rings is 1. The lowest BCUT2D eigenvalue weighted by Gasteiger charge is -2.33. The molecule has 4 rings (SSSR count). The van der Waals surface area contributed by atoms with Gasteiger partial charge in [0.05, 0.1) is 12.8 Å². The van der Waals surface area contributed by atoms with Gasteiger partial charge in [-0.15, -0.1) is 0 Å². The van der Waals surface area contributed by atoms with Crippen molar-refractivity contribution in [2.24, 2.45) is 5.92 Å². The average Bonchev–Trinajstić information content (AvgIpc) is 2.90. The molecule has 1 aromatic heterocycles. The number of likely N-dealkylation sites (tertiary alicyclic amines) is 1. The number of piperidine rings is 1. The van der Waals surface area contributed by atoms with E-state index in [0.717, 1.165) is 25.9 Å². The Labute approximate surface area is 199 Å². The highest BCUT2D eigenvalue weighted by Crippen LogP contribution is 2.29. The van der Waals surface area contributed by atoms with Crippen molar-refractivity contribution in [2.75, 3.05) is 38.2 Å². The number of carbonyl (C=O) groups excluding carboxylic acids is 2. The van der Waals surface area contributed by atoms with Crippen LogP contribution in [-0.2, 0) is 0 Å². The number of aromatic nitrogens is 1. The van der Waals surface area contributed by atoms with Gasteiger partial charge in [0.25, 0.3) is 5.91 Å². The molecule has 0 spiro atoms. The summed E-state index contributed by atoms with van der Waals surface area (Å²) in [6.07, 6.45) is 4.69. The minimum atomic E-state index is -0.340. The maximum absolute atomic E-state index is 13.4. The molecule has 176 valence electrons. The molecular weight excluding hydrogens is 433 g/mol. The number of anilines is 1. The summed E-state index contributed by atoms with van der Waals surface area (Å²) in [5.74, 6) is 0.183. The molecule has 1 aliphatic rings. The Morgan fingerprint density at radius 3 is 2.35 bits per heavy atom. The Bertz CT molecular complexity index is 1110. The van der Waals surface area contributed by atoms with Crippen LogP contribution in [0.2, 0.25) is 0 Å². The molecule has 0 N–H and O–H groups in total. The first-order chi connectivity index (χ1) is 16.6. The Balaban J connectivity index is 1.41. The summed E-state index contributed by atoms with van der Waals surface area (Å²) in [6.45, 7) is 2.69. The molecule has 1 fully saturated rings. The molecule has 7 heteroatoms. The van der Waals surface area contributed by atoms with Crippen LogP contribution in [0.3, 0.4) is 0 Å². The van der Waals surface area contributed by atoms with Crippen LogP contribution in [0, 0.1) is 11.7 Å². The van der Waals surface area contributed by atoms with E-state index in [1.54, 1.807) is 48.7 Å². The van der Waals surface area contributed by atoms with Gasteiger partial charge in [-0.3, -0.25) is 14.6 Å². The summed E-state index contributed by atoms with van der Waals surface area (Å²) in [7, 11) is 1.59. The molecule has 0 bridgehead atoms. The molecule has 6 nitrogen and oxygen atoms in total. The number of ether oxygens (including phenoxy) is 1. The third kappa shape index (κ3) is 5.48. The molecular formula is C27H28FN3O3. The molecule has 34 heavy (non-hydrogen) atoms. The summed E-state index contributed by atoms with van der Waals surface area (Å²) in [5.41, 5.74) is 1.84. The largest absolute Gasteiger partial charge is 0.495 e. The summed E-state index contributed by atoms with van der Waals surface area (Å²) in [4.78, 5) is 34.2. The lowest BCUT2D eigenvalue weighted by molar-refractivity contribution is 0.0841. The number of carbonyl (C=O) groups is 2. The summed E-state index contributed by atoms with van der Waals surface area (Å²) in [5, 5.41) is 0. The SMILES string of the molecule is COc1ccccc1N(CCN1CCC(C(=O)c2ccc(F)cc2)CC1)C(=O)c1ccncc1. The predicted octanol–water partition coefficient (Wildman–Crippen LogP) is 4.47. The van der Waals surface area contributed by atoms with Crippen LogP contribution in [0.25, 0.3) is 0 Å². The standard InChI is InChI=1S/C27H28FN3O3/c1-34-25-5-3-2-4-24(25)31(27(33)22-10-14-29-15-11-22)19-18-30-16-12-21(13-17-30)26(32)20-6-8-23(28)9-7-20/h2-11,14-15,21H,12-13,16-19H2,1H3. The fourth-order valence-corrected chi connectivity index (χ4v) is 4.34. The summed E-state index contributed by atoms with van der Waals surface area (Å²) in [6, 6.07) is 16.7. The van der Waals surface area contributed by atoms with E-state index in [-0.39, 0.29) is 23.4 Å². The van der Waals surface area contributed by atoms with Gasteiger partial charge < -0.3 is 14.5 Å². The quantitative estimate of drug-likeness (QED) is 0.463. The lowest BCUT2D eigenvalue weighted by Crippen LogP contribution is -2.43. The predicted molar refractivity (Wildman–Crippen MR) is 129 cm³/mol. The maximum Gasteiger partial charge on any atom is 0.258 e. The lowest BCUT2D eigenvalue weighted by atomic mass is 9.89. The molecule has 3 aromatic rings. The smallest absolute Gasteiger partial charge is 0.258 e. The number of hydrogen-bond donors (Lipinski definition) is 0. The van der Waals surface area contributed by atoms with E-state index in [0.29, 0.717) is 35.7 Å². The number of halogens is 1. The minimum Gasteiger partial charge on any atom is -0.495 e. The zero-order chi connectivity index (χ0) is 23.9. The van der Waals surface area contributed by atoms with Crippen molar-refractivity contribution < 1.29 is 18.7 Å². The highest BCUT2D eigenvalue weighted by molar-refractivity contribution is 6.06. The second kappa shape index (κ2) is 11.0. The van der Waals surface area contributed by atoms with Crippen molar-refractivity contribution in [3.05, 3.63) is 90.0 Å². The number of nitrogens with zero attached hydrogens (tertiary/aromatic N) is 3. The topological polar surface area (TPSA) is 62.7 Å². The van der Waals surface area contributed by atoms with Crippen LogP contribution < -0.4 is 9.64 Å². The molecule has 0 atom stereocenters. The van der Waals surface area contributed by atoms with Gasteiger partial charge in [0, 0.05) is 42.5 Å². The number of methoxy groups -OCH3 is 1. The van der Waals surface area contributed by atoms with Crippen molar-refractivity contribution in [1.82, 2.24) is 9.88 Å². The zero-order valence-electron chi connectivity index (χ0n) is 19.2. The van der Waals surface area contributed by atoms with E-state index in [4.69, 9.17) is 4.74 Å². The minimum absolute atomic E-state index is 0.0644. The highest BCUT2D eigenvalue weighted by Gasteiger charge is 2.27. The Morgan fingerprint density at radius 1 is 1.00 bits per heavy atom. The number of ketones is 1. The van der Waals surface area contributed by atoms with Crippen molar-refractivity contribution in [1.29, 1.82) is 0 Å². The van der Waals surface area contributed by atoms with Crippen LogP contribution >= 0.6 is 0 Å². The van der Waals surface area contributed by atoms with E-state index >= 15 is 0 Å². The average molecular weight is 462 g/mol. The van der Waals surface area contributed by atoms with Gasteiger partial charge in [0.1, 0.15) is 11.6 Å². The Hall–Kier alpha value is -3.58. The number of benzene rings is 2. The fraction of sp³-hybridized carbons (Fsp3) is 0.296. The molecule has 2 heterocycles. The van der Waals surface area contributed by atoms with Gasteiger partial charge in [-0.1, -0.05) is 12.1 Å². The molecule has 2 aromatic carbocycles. The first-order valence-electron chi connectivity index (χ1n) is 11.4. The highest BCUT2D eigenvalue weighted by atomic mass is 19.1. The summed E-state index contributed by atoms with van der Waals surface area (Å²) < 4.78 is 18.7. The summed E-state index contributed by atoms with van der Waals surface area (Å²) >= 11 is 0. The van der Waals surface area contributed by atoms with Crippen LogP contribution in [-0.4, -0.2) is 54.9 Å². The van der Waals surface area contributed by atoms with E-state index in [9.17, 15) is 14.0 Å². The molecule has 1 amide bonds. The molecule has 0 unspecified atom stereocenters. The van der Waals surface area contributed by atoms with Crippen LogP contribution in [0.5, 0.6) is 5.75 Å². The molecule has 0 radical (unpaired) electrons. The van der Waals surface area contributed by atoms with Crippen molar-refractivity contribution >= 4 is 17.4 Å². The van der Waals surface area contributed by atoms with Crippen molar-refractivity contribution in [2.45, 2.75) is 12.8 Å².